The van der Waals surface area contributed by atoms with Gasteiger partial charge in [-0.25, -0.2) is 13.6 Å². The van der Waals surface area contributed by atoms with Crippen LogP contribution in [0.4, 0.5) is 0 Å². The van der Waals surface area contributed by atoms with Crippen LogP contribution in [-0.2, 0) is 40.6 Å². The topological polar surface area (TPSA) is 107 Å². The number of benzene rings is 1. The molecule has 1 heterocycles. The summed E-state index contributed by atoms with van der Waals surface area (Å²) in [5.74, 6) is -0.0824. The van der Waals surface area contributed by atoms with Gasteiger partial charge in [-0.2, -0.15) is 5.10 Å². The summed E-state index contributed by atoms with van der Waals surface area (Å²) in [7, 11) is -3.67. The normalized spacial score (nSPS) is 14.1. The fourth-order valence-electron chi connectivity index (χ4n) is 3.01. The van der Waals surface area contributed by atoms with Crippen LogP contribution in [-0.4, -0.2) is 30.7 Å². The predicted octanol–water partition coefficient (Wildman–Crippen LogP) is 0.768. The minimum atomic E-state index is -3.67. The largest absolute Gasteiger partial charge is 0.354 e. The number of fused-ring (bicyclic) bond motifs is 1. The zero-order chi connectivity index (χ0) is 17.9. The van der Waals surface area contributed by atoms with E-state index in [0.29, 0.717) is 13.0 Å². The van der Waals surface area contributed by atoms with Crippen molar-refractivity contribution in [2.75, 3.05) is 6.54 Å². The molecule has 8 heteroatoms. The average Bonchev–Trinajstić information content (AvgIpc) is 2.96. The highest BCUT2D eigenvalue weighted by atomic mass is 32.2. The van der Waals surface area contributed by atoms with Gasteiger partial charge in [-0.3, -0.25) is 9.48 Å². The lowest BCUT2D eigenvalue weighted by atomic mass is 9.99. The number of hydrogen-bond acceptors (Lipinski definition) is 4. The van der Waals surface area contributed by atoms with Crippen molar-refractivity contribution in [1.82, 2.24) is 15.1 Å². The van der Waals surface area contributed by atoms with Crippen LogP contribution in [0.2, 0.25) is 0 Å². The van der Waals surface area contributed by atoms with Crippen LogP contribution in [0.15, 0.2) is 35.4 Å². The number of sulfonamides is 1. The van der Waals surface area contributed by atoms with Crippen LogP contribution in [0.25, 0.3) is 0 Å². The molecule has 0 radical (unpaired) electrons. The van der Waals surface area contributed by atoms with Gasteiger partial charge >= 0.3 is 0 Å². The lowest BCUT2D eigenvalue weighted by Gasteiger charge is -2.07. The summed E-state index contributed by atoms with van der Waals surface area (Å²) in [6.45, 7) is 0.700. The van der Waals surface area contributed by atoms with Crippen molar-refractivity contribution in [1.29, 1.82) is 0 Å². The van der Waals surface area contributed by atoms with Gasteiger partial charge in [0.05, 0.1) is 10.6 Å². The lowest BCUT2D eigenvalue weighted by molar-refractivity contribution is -0.121. The third-order valence-electron chi connectivity index (χ3n) is 4.33. The standard InChI is InChI=1S/C17H22N4O3S/c18-25(23,24)15-7-5-13(6-8-15)9-10-19-17(22)12-21-11-14-3-1-2-4-16(14)20-21/h5-8,11H,1-4,9-10,12H2,(H,19,22)(H2,18,23,24). The molecule has 0 saturated carbocycles. The molecule has 1 aliphatic rings. The molecule has 1 aliphatic carbocycles. The number of rotatable bonds is 6. The fourth-order valence-corrected chi connectivity index (χ4v) is 3.52. The van der Waals surface area contributed by atoms with Crippen LogP contribution in [0.3, 0.4) is 0 Å². The molecule has 0 unspecified atom stereocenters. The number of nitrogens with one attached hydrogen (secondary N) is 1. The summed E-state index contributed by atoms with van der Waals surface area (Å²) in [5.41, 5.74) is 3.31. The molecule has 1 aromatic carbocycles. The molecule has 25 heavy (non-hydrogen) atoms. The van der Waals surface area contributed by atoms with E-state index in [2.05, 4.69) is 10.4 Å². The van der Waals surface area contributed by atoms with Crippen molar-refractivity contribution < 1.29 is 13.2 Å². The van der Waals surface area contributed by atoms with E-state index in [9.17, 15) is 13.2 Å². The Morgan fingerprint density at radius 3 is 2.60 bits per heavy atom. The van der Waals surface area contributed by atoms with E-state index in [0.717, 1.165) is 24.1 Å². The van der Waals surface area contributed by atoms with Gasteiger partial charge in [-0.15, -0.1) is 0 Å². The molecule has 2 aromatic rings. The predicted molar refractivity (Wildman–Crippen MR) is 93.4 cm³/mol. The first-order valence-corrected chi connectivity index (χ1v) is 9.90. The first-order chi connectivity index (χ1) is 11.9. The smallest absolute Gasteiger partial charge is 0.241 e. The third kappa shape index (κ3) is 4.67. The molecular formula is C17H22N4O3S. The second-order valence-electron chi connectivity index (χ2n) is 6.29. The Hall–Kier alpha value is -2.19. The van der Waals surface area contributed by atoms with Gasteiger partial charge in [0.15, 0.2) is 0 Å². The summed E-state index contributed by atoms with van der Waals surface area (Å²) >= 11 is 0. The van der Waals surface area contributed by atoms with E-state index in [4.69, 9.17) is 5.14 Å². The minimum Gasteiger partial charge on any atom is -0.354 e. The number of primary sulfonamides is 1. The number of nitrogens with zero attached hydrogens (tertiary/aromatic N) is 2. The van der Waals surface area contributed by atoms with Gasteiger partial charge in [-0.1, -0.05) is 12.1 Å². The number of hydrogen-bond donors (Lipinski definition) is 2. The molecule has 0 fully saturated rings. The van der Waals surface area contributed by atoms with Gasteiger partial charge in [0, 0.05) is 12.7 Å². The van der Waals surface area contributed by atoms with Crippen molar-refractivity contribution in [3.05, 3.63) is 47.3 Å². The quantitative estimate of drug-likeness (QED) is 0.791. The summed E-state index contributed by atoms with van der Waals surface area (Å²) in [6.07, 6.45) is 6.99. The van der Waals surface area contributed by atoms with Crippen molar-refractivity contribution in [2.24, 2.45) is 5.14 Å². The van der Waals surface area contributed by atoms with Crippen molar-refractivity contribution >= 4 is 15.9 Å². The molecule has 0 spiro atoms. The zero-order valence-electron chi connectivity index (χ0n) is 13.9. The average molecular weight is 362 g/mol. The van der Waals surface area contributed by atoms with Crippen LogP contribution in [0.5, 0.6) is 0 Å². The summed E-state index contributed by atoms with van der Waals surface area (Å²) < 4.78 is 24.1. The first kappa shape index (κ1) is 17.6. The molecule has 3 N–H and O–H groups in total. The summed E-state index contributed by atoms with van der Waals surface area (Å²) in [6, 6.07) is 6.35. The summed E-state index contributed by atoms with van der Waals surface area (Å²) in [5, 5.41) is 12.4. The van der Waals surface area contributed by atoms with Gasteiger partial charge in [0.25, 0.3) is 0 Å². The molecule has 1 amide bonds. The van der Waals surface area contributed by atoms with Crippen LogP contribution in [0, 0.1) is 0 Å². The Morgan fingerprint density at radius 1 is 1.20 bits per heavy atom. The molecule has 1 aromatic heterocycles. The van der Waals surface area contributed by atoms with Gasteiger partial charge in [0.2, 0.25) is 15.9 Å². The van der Waals surface area contributed by atoms with E-state index >= 15 is 0 Å². The van der Waals surface area contributed by atoms with Crippen LogP contribution >= 0.6 is 0 Å². The molecule has 0 saturated heterocycles. The Labute approximate surface area is 147 Å². The number of carbonyl (C=O) groups is 1. The fraction of sp³-hybridized carbons (Fsp3) is 0.412. The number of aryl methyl sites for hydroxylation is 2. The first-order valence-electron chi connectivity index (χ1n) is 8.35. The van der Waals surface area contributed by atoms with E-state index in [1.165, 1.54) is 30.5 Å². The molecular weight excluding hydrogens is 340 g/mol. The van der Waals surface area contributed by atoms with Crippen molar-refractivity contribution in [2.45, 2.75) is 43.5 Å². The van der Waals surface area contributed by atoms with Crippen LogP contribution < -0.4 is 10.5 Å². The minimum absolute atomic E-state index is 0.0824. The molecule has 0 bridgehead atoms. The Morgan fingerprint density at radius 2 is 1.92 bits per heavy atom. The number of nitrogens with two attached hydrogens (primary N) is 1. The summed E-state index contributed by atoms with van der Waals surface area (Å²) in [4.78, 5) is 12.1. The van der Waals surface area contributed by atoms with E-state index in [-0.39, 0.29) is 17.3 Å². The van der Waals surface area contributed by atoms with Crippen molar-refractivity contribution in [3.8, 4) is 0 Å². The highest BCUT2D eigenvalue weighted by molar-refractivity contribution is 7.89. The monoisotopic (exact) mass is 362 g/mol. The molecule has 7 nitrogen and oxygen atoms in total. The molecule has 0 aliphatic heterocycles. The maximum absolute atomic E-state index is 12.0. The van der Waals surface area contributed by atoms with Crippen molar-refractivity contribution in [3.63, 3.8) is 0 Å². The zero-order valence-corrected chi connectivity index (χ0v) is 14.8. The van der Waals surface area contributed by atoms with Gasteiger partial charge in [-0.05, 0) is 55.4 Å². The van der Waals surface area contributed by atoms with Crippen LogP contribution in [0.1, 0.15) is 29.7 Å². The Bertz CT molecular complexity index is 833. The maximum atomic E-state index is 12.0. The SMILES string of the molecule is NS(=O)(=O)c1ccc(CCNC(=O)Cn2cc3c(n2)CCCC3)cc1. The third-order valence-corrected chi connectivity index (χ3v) is 5.26. The second-order valence-corrected chi connectivity index (χ2v) is 7.86. The second kappa shape index (κ2) is 7.37. The van der Waals surface area contributed by atoms with E-state index < -0.39 is 10.0 Å². The van der Waals surface area contributed by atoms with E-state index in [1.54, 1.807) is 16.8 Å². The molecule has 0 atom stereocenters. The Kier molecular flexibility index (Phi) is 5.19. The lowest BCUT2D eigenvalue weighted by Crippen LogP contribution is -2.29. The highest BCUT2D eigenvalue weighted by Crippen LogP contribution is 2.19. The number of aromatic nitrogens is 2. The van der Waals surface area contributed by atoms with Gasteiger partial charge < -0.3 is 5.32 Å². The molecule has 3 rings (SSSR count). The number of carbonyl (C=O) groups excluding carboxylic acids is 1. The van der Waals surface area contributed by atoms with E-state index in [1.807, 2.05) is 6.20 Å². The number of amides is 1. The van der Waals surface area contributed by atoms with Gasteiger partial charge in [0.1, 0.15) is 6.54 Å². The molecule has 134 valence electrons. The Balaban J connectivity index is 1.47. The maximum Gasteiger partial charge on any atom is 0.241 e. The highest BCUT2D eigenvalue weighted by Gasteiger charge is 2.14.